The van der Waals surface area contributed by atoms with Gasteiger partial charge in [-0.2, -0.15) is 0 Å². The second-order valence-electron chi connectivity index (χ2n) is 7.11. The van der Waals surface area contributed by atoms with Crippen molar-refractivity contribution in [2.45, 2.75) is 6.61 Å². The molecule has 2 amide bonds. The Morgan fingerprint density at radius 1 is 1.03 bits per heavy atom. The van der Waals surface area contributed by atoms with Crippen molar-refractivity contribution in [3.8, 4) is 11.5 Å². The van der Waals surface area contributed by atoms with Crippen LogP contribution in [0.3, 0.4) is 0 Å². The van der Waals surface area contributed by atoms with Crippen molar-refractivity contribution in [2.24, 2.45) is 0 Å². The average molecular weight is 479 g/mol. The SMILES string of the molecule is COc1ccc(N2C(=O)/C(=C/c3ccccc3OCc3cccc(Cl)c3)C(=O)NC2=S)cc1. The Labute approximate surface area is 201 Å². The van der Waals surface area contributed by atoms with Gasteiger partial charge in [0.05, 0.1) is 12.8 Å². The summed E-state index contributed by atoms with van der Waals surface area (Å²) in [6.45, 7) is 0.281. The van der Waals surface area contributed by atoms with Crippen LogP contribution in [0, 0.1) is 0 Å². The lowest BCUT2D eigenvalue weighted by molar-refractivity contribution is -0.122. The minimum atomic E-state index is -0.570. The summed E-state index contributed by atoms with van der Waals surface area (Å²) in [7, 11) is 1.55. The van der Waals surface area contributed by atoms with Gasteiger partial charge in [0, 0.05) is 10.6 Å². The molecule has 1 fully saturated rings. The molecule has 3 aromatic carbocycles. The molecule has 3 aromatic rings. The first-order valence-electron chi connectivity index (χ1n) is 9.98. The number of para-hydroxylation sites is 1. The third-order valence-electron chi connectivity index (χ3n) is 4.93. The van der Waals surface area contributed by atoms with E-state index in [1.165, 1.54) is 11.0 Å². The lowest BCUT2D eigenvalue weighted by Gasteiger charge is -2.29. The van der Waals surface area contributed by atoms with Gasteiger partial charge in [-0.05, 0) is 66.3 Å². The average Bonchev–Trinajstić information content (AvgIpc) is 2.81. The van der Waals surface area contributed by atoms with Gasteiger partial charge in [0.1, 0.15) is 23.7 Å². The van der Waals surface area contributed by atoms with Crippen LogP contribution < -0.4 is 19.7 Å². The summed E-state index contributed by atoms with van der Waals surface area (Å²) in [4.78, 5) is 27.2. The molecule has 1 N–H and O–H groups in total. The van der Waals surface area contributed by atoms with Crippen LogP contribution in [0.2, 0.25) is 5.02 Å². The number of carbonyl (C=O) groups is 2. The predicted molar refractivity (Wildman–Crippen MR) is 131 cm³/mol. The number of thiocarbonyl (C=S) groups is 1. The number of methoxy groups -OCH3 is 1. The second-order valence-corrected chi connectivity index (χ2v) is 7.94. The first kappa shape index (κ1) is 22.5. The fourth-order valence-corrected chi connectivity index (χ4v) is 3.79. The summed E-state index contributed by atoms with van der Waals surface area (Å²) in [5.74, 6) is 0.0624. The molecular weight excluding hydrogens is 460 g/mol. The van der Waals surface area contributed by atoms with E-state index in [0.29, 0.717) is 27.8 Å². The number of benzene rings is 3. The van der Waals surface area contributed by atoms with Crippen molar-refractivity contribution in [1.82, 2.24) is 5.32 Å². The largest absolute Gasteiger partial charge is 0.497 e. The molecule has 1 aliphatic heterocycles. The summed E-state index contributed by atoms with van der Waals surface area (Å²) in [6.07, 6.45) is 1.50. The summed E-state index contributed by atoms with van der Waals surface area (Å²) < 4.78 is 11.1. The molecule has 33 heavy (non-hydrogen) atoms. The Hall–Kier alpha value is -3.68. The van der Waals surface area contributed by atoms with Gasteiger partial charge in [-0.3, -0.25) is 19.8 Å². The second kappa shape index (κ2) is 9.85. The number of amides is 2. The van der Waals surface area contributed by atoms with Gasteiger partial charge in [-0.25, -0.2) is 0 Å². The highest BCUT2D eigenvalue weighted by atomic mass is 35.5. The molecule has 1 aliphatic rings. The Morgan fingerprint density at radius 3 is 2.52 bits per heavy atom. The number of nitrogens with zero attached hydrogens (tertiary/aromatic N) is 1. The lowest BCUT2D eigenvalue weighted by atomic mass is 10.1. The van der Waals surface area contributed by atoms with Crippen molar-refractivity contribution in [1.29, 1.82) is 0 Å². The minimum Gasteiger partial charge on any atom is -0.497 e. The third kappa shape index (κ3) is 5.05. The smallest absolute Gasteiger partial charge is 0.270 e. The highest BCUT2D eigenvalue weighted by Gasteiger charge is 2.34. The van der Waals surface area contributed by atoms with Gasteiger partial charge in [-0.1, -0.05) is 41.9 Å². The fourth-order valence-electron chi connectivity index (χ4n) is 3.30. The van der Waals surface area contributed by atoms with Crippen molar-refractivity contribution < 1.29 is 19.1 Å². The molecule has 0 radical (unpaired) electrons. The van der Waals surface area contributed by atoms with Crippen molar-refractivity contribution >= 4 is 52.5 Å². The Bertz CT molecular complexity index is 1260. The van der Waals surface area contributed by atoms with E-state index in [-0.39, 0.29) is 17.3 Å². The molecule has 6 nitrogen and oxygen atoms in total. The Morgan fingerprint density at radius 2 is 1.79 bits per heavy atom. The number of nitrogens with one attached hydrogen (secondary N) is 1. The van der Waals surface area contributed by atoms with Gasteiger partial charge in [0.2, 0.25) is 0 Å². The van der Waals surface area contributed by atoms with E-state index >= 15 is 0 Å². The molecule has 0 bridgehead atoms. The van der Waals surface area contributed by atoms with E-state index in [4.69, 9.17) is 33.3 Å². The van der Waals surface area contributed by atoms with E-state index in [9.17, 15) is 9.59 Å². The number of hydrogen-bond acceptors (Lipinski definition) is 5. The fraction of sp³-hybridized carbons (Fsp3) is 0.0800. The highest BCUT2D eigenvalue weighted by Crippen LogP contribution is 2.27. The predicted octanol–water partition coefficient (Wildman–Crippen LogP) is 4.76. The molecule has 0 atom stereocenters. The molecule has 0 spiro atoms. The van der Waals surface area contributed by atoms with Gasteiger partial charge >= 0.3 is 0 Å². The maximum atomic E-state index is 13.3. The number of ether oxygens (including phenoxy) is 2. The van der Waals surface area contributed by atoms with Crippen LogP contribution in [0.5, 0.6) is 11.5 Å². The molecule has 4 rings (SSSR count). The molecule has 0 saturated carbocycles. The van der Waals surface area contributed by atoms with E-state index in [1.54, 1.807) is 55.6 Å². The molecule has 0 aromatic heterocycles. The lowest BCUT2D eigenvalue weighted by Crippen LogP contribution is -2.54. The maximum Gasteiger partial charge on any atom is 0.270 e. The van der Waals surface area contributed by atoms with E-state index < -0.39 is 11.8 Å². The molecule has 8 heteroatoms. The number of anilines is 1. The highest BCUT2D eigenvalue weighted by molar-refractivity contribution is 7.80. The van der Waals surface area contributed by atoms with Crippen LogP contribution >= 0.6 is 23.8 Å². The van der Waals surface area contributed by atoms with Crippen LogP contribution in [-0.2, 0) is 16.2 Å². The summed E-state index contributed by atoms with van der Waals surface area (Å²) in [6, 6.07) is 21.3. The topological polar surface area (TPSA) is 67.9 Å². The normalized spacial score (nSPS) is 14.9. The minimum absolute atomic E-state index is 0.0119. The van der Waals surface area contributed by atoms with E-state index in [1.807, 2.05) is 24.3 Å². The zero-order chi connectivity index (χ0) is 23.4. The Kier molecular flexibility index (Phi) is 6.72. The molecule has 1 saturated heterocycles. The zero-order valence-corrected chi connectivity index (χ0v) is 19.2. The number of hydrogen-bond donors (Lipinski definition) is 1. The molecule has 166 valence electrons. The van der Waals surface area contributed by atoms with Crippen LogP contribution in [-0.4, -0.2) is 24.0 Å². The molecule has 0 unspecified atom stereocenters. The number of carbonyl (C=O) groups excluding carboxylic acids is 2. The van der Waals surface area contributed by atoms with Gasteiger partial charge in [0.15, 0.2) is 5.11 Å². The van der Waals surface area contributed by atoms with Crippen molar-refractivity contribution in [3.05, 3.63) is 94.5 Å². The molecule has 0 aliphatic carbocycles. The van der Waals surface area contributed by atoms with Crippen molar-refractivity contribution in [2.75, 3.05) is 12.0 Å². The standard InChI is InChI=1S/C25H19ClN2O4S/c1-31-20-11-9-19(10-12-20)28-24(30)21(23(29)27-25(28)33)14-17-6-2-3-8-22(17)32-15-16-5-4-7-18(26)13-16/h2-14H,15H2,1H3,(H,27,29,33)/b21-14+. The quantitative estimate of drug-likeness (QED) is 0.314. The summed E-state index contributed by atoms with van der Waals surface area (Å²) in [5.41, 5.74) is 1.94. The first-order valence-corrected chi connectivity index (χ1v) is 10.8. The van der Waals surface area contributed by atoms with Gasteiger partial charge in [-0.15, -0.1) is 0 Å². The van der Waals surface area contributed by atoms with Crippen LogP contribution in [0.25, 0.3) is 6.08 Å². The molecule has 1 heterocycles. The van der Waals surface area contributed by atoms with Crippen LogP contribution in [0.1, 0.15) is 11.1 Å². The maximum absolute atomic E-state index is 13.3. The summed E-state index contributed by atoms with van der Waals surface area (Å²) in [5, 5.41) is 3.21. The first-order chi connectivity index (χ1) is 16.0. The van der Waals surface area contributed by atoms with E-state index in [2.05, 4.69) is 5.32 Å². The Balaban J connectivity index is 1.62. The number of rotatable bonds is 6. The van der Waals surface area contributed by atoms with Crippen LogP contribution in [0.15, 0.2) is 78.4 Å². The monoisotopic (exact) mass is 478 g/mol. The van der Waals surface area contributed by atoms with Crippen molar-refractivity contribution in [3.63, 3.8) is 0 Å². The zero-order valence-electron chi connectivity index (χ0n) is 17.6. The summed E-state index contributed by atoms with van der Waals surface area (Å²) >= 11 is 11.3. The van der Waals surface area contributed by atoms with Gasteiger partial charge in [0.25, 0.3) is 11.8 Å². The molecular formula is C25H19ClN2O4S. The van der Waals surface area contributed by atoms with Gasteiger partial charge < -0.3 is 9.47 Å². The van der Waals surface area contributed by atoms with Crippen LogP contribution in [0.4, 0.5) is 5.69 Å². The third-order valence-corrected chi connectivity index (χ3v) is 5.45. The number of halogens is 1. The van der Waals surface area contributed by atoms with E-state index in [0.717, 1.165) is 5.56 Å².